The number of likely N-dealkylation sites (tertiary alicyclic amines) is 1. The van der Waals surface area contributed by atoms with E-state index in [1.807, 2.05) is 6.07 Å². The van der Waals surface area contributed by atoms with E-state index < -0.39 is 0 Å². The normalized spacial score (nSPS) is 20.3. The fourth-order valence-corrected chi connectivity index (χ4v) is 4.89. The van der Waals surface area contributed by atoms with E-state index in [-0.39, 0.29) is 23.2 Å². The zero-order valence-electron chi connectivity index (χ0n) is 16.3. The first-order chi connectivity index (χ1) is 13.6. The summed E-state index contributed by atoms with van der Waals surface area (Å²) in [6.45, 7) is 3.27. The Bertz CT molecular complexity index is 778. The fourth-order valence-electron chi connectivity index (χ4n) is 4.89. The molecule has 1 aromatic heterocycles. The van der Waals surface area contributed by atoms with E-state index in [2.05, 4.69) is 21.3 Å². The number of nitrogens with zero attached hydrogens (tertiary/aromatic N) is 3. The summed E-state index contributed by atoms with van der Waals surface area (Å²) in [7, 11) is 0. The molecule has 28 heavy (non-hydrogen) atoms. The standard InChI is InChI=1S/C22H29FN4O/c23-19-5-3-4-18(14-19)22(8-1-2-9-22)16-26-11-6-20(7-12-26)25-21(28)15-27-13-10-24-17-27/h3-5,10,13-14,17,20H,1-2,6-9,11-12,15-16H2,(H,25,28). The molecule has 1 aliphatic carbocycles. The topological polar surface area (TPSA) is 50.2 Å². The summed E-state index contributed by atoms with van der Waals surface area (Å²) < 4.78 is 15.6. The minimum atomic E-state index is -0.136. The van der Waals surface area contributed by atoms with E-state index in [0.717, 1.165) is 50.9 Å². The highest BCUT2D eigenvalue weighted by Crippen LogP contribution is 2.42. The summed E-state index contributed by atoms with van der Waals surface area (Å²) in [5, 5.41) is 3.16. The lowest BCUT2D eigenvalue weighted by Gasteiger charge is -2.39. The Morgan fingerprint density at radius 3 is 2.71 bits per heavy atom. The maximum absolute atomic E-state index is 13.8. The van der Waals surface area contributed by atoms with E-state index >= 15 is 0 Å². The van der Waals surface area contributed by atoms with Crippen LogP contribution in [-0.2, 0) is 16.8 Å². The van der Waals surface area contributed by atoms with Gasteiger partial charge in [0, 0.05) is 43.5 Å². The highest BCUT2D eigenvalue weighted by molar-refractivity contribution is 5.76. The molecule has 0 unspecified atom stereocenters. The lowest BCUT2D eigenvalue weighted by Crippen LogP contribution is -2.48. The second kappa shape index (κ2) is 8.43. The first-order valence-corrected chi connectivity index (χ1v) is 10.4. The second-order valence-electron chi connectivity index (χ2n) is 8.35. The maximum atomic E-state index is 13.8. The van der Waals surface area contributed by atoms with Gasteiger partial charge in [-0.15, -0.1) is 0 Å². The summed E-state index contributed by atoms with van der Waals surface area (Å²) in [6, 6.07) is 7.43. The summed E-state index contributed by atoms with van der Waals surface area (Å²) in [5.41, 5.74) is 1.24. The van der Waals surface area contributed by atoms with Crippen molar-refractivity contribution in [1.82, 2.24) is 19.8 Å². The molecule has 2 fully saturated rings. The van der Waals surface area contributed by atoms with Gasteiger partial charge in [0.2, 0.25) is 5.91 Å². The monoisotopic (exact) mass is 384 g/mol. The molecule has 5 nitrogen and oxygen atoms in total. The van der Waals surface area contributed by atoms with E-state index in [1.165, 1.54) is 18.9 Å². The molecular weight excluding hydrogens is 355 g/mol. The number of carbonyl (C=O) groups excluding carboxylic acids is 1. The molecule has 1 amide bonds. The van der Waals surface area contributed by atoms with Crippen molar-refractivity contribution in [2.24, 2.45) is 0 Å². The Balaban J connectivity index is 1.31. The van der Waals surface area contributed by atoms with Crippen LogP contribution in [0.4, 0.5) is 4.39 Å². The first-order valence-electron chi connectivity index (χ1n) is 10.4. The van der Waals surface area contributed by atoms with Crippen LogP contribution in [0.15, 0.2) is 43.0 Å². The number of imidazole rings is 1. The number of rotatable bonds is 6. The molecule has 1 aliphatic heterocycles. The number of hydrogen-bond donors (Lipinski definition) is 1. The van der Waals surface area contributed by atoms with Crippen LogP contribution in [0.5, 0.6) is 0 Å². The molecule has 150 valence electrons. The van der Waals surface area contributed by atoms with Crippen molar-refractivity contribution in [2.45, 2.75) is 56.5 Å². The number of aromatic nitrogens is 2. The van der Waals surface area contributed by atoms with Crippen LogP contribution in [0.2, 0.25) is 0 Å². The number of halogens is 1. The number of hydrogen-bond acceptors (Lipinski definition) is 3. The number of nitrogens with one attached hydrogen (secondary N) is 1. The van der Waals surface area contributed by atoms with E-state index in [0.29, 0.717) is 6.54 Å². The van der Waals surface area contributed by atoms with Crippen molar-refractivity contribution in [3.05, 3.63) is 54.4 Å². The highest BCUT2D eigenvalue weighted by atomic mass is 19.1. The SMILES string of the molecule is O=C(Cn1ccnc1)NC1CCN(CC2(c3cccc(F)c3)CCCC2)CC1. The largest absolute Gasteiger partial charge is 0.352 e. The molecule has 0 radical (unpaired) electrons. The molecule has 1 N–H and O–H groups in total. The van der Waals surface area contributed by atoms with Crippen molar-refractivity contribution >= 4 is 5.91 Å². The highest BCUT2D eigenvalue weighted by Gasteiger charge is 2.38. The lowest BCUT2D eigenvalue weighted by molar-refractivity contribution is -0.122. The summed E-state index contributed by atoms with van der Waals surface area (Å²) in [5.74, 6) is -0.0911. The van der Waals surface area contributed by atoms with Crippen molar-refractivity contribution in [2.75, 3.05) is 19.6 Å². The molecule has 1 aromatic carbocycles. The van der Waals surface area contributed by atoms with Gasteiger partial charge in [0.15, 0.2) is 0 Å². The number of amides is 1. The minimum Gasteiger partial charge on any atom is -0.352 e. The Hall–Kier alpha value is -2.21. The average molecular weight is 384 g/mol. The van der Waals surface area contributed by atoms with Crippen LogP contribution in [-0.4, -0.2) is 46.0 Å². The van der Waals surface area contributed by atoms with Crippen molar-refractivity contribution in [3.8, 4) is 0 Å². The van der Waals surface area contributed by atoms with Crippen molar-refractivity contribution < 1.29 is 9.18 Å². The first kappa shape index (κ1) is 19.1. The Morgan fingerprint density at radius 2 is 2.04 bits per heavy atom. The van der Waals surface area contributed by atoms with E-state index in [4.69, 9.17) is 0 Å². The molecule has 0 bridgehead atoms. The third kappa shape index (κ3) is 4.43. The molecule has 2 aromatic rings. The predicted molar refractivity (Wildman–Crippen MR) is 106 cm³/mol. The molecule has 0 spiro atoms. The predicted octanol–water partition coefficient (Wildman–Crippen LogP) is 3.11. The molecule has 6 heteroatoms. The number of carbonyl (C=O) groups is 1. The van der Waals surface area contributed by atoms with Gasteiger partial charge < -0.3 is 14.8 Å². The zero-order valence-corrected chi connectivity index (χ0v) is 16.3. The number of benzene rings is 1. The maximum Gasteiger partial charge on any atom is 0.240 e. The molecule has 0 atom stereocenters. The quantitative estimate of drug-likeness (QED) is 0.833. The minimum absolute atomic E-state index is 0.0449. The molecule has 1 saturated carbocycles. The van der Waals surface area contributed by atoms with Crippen molar-refractivity contribution in [1.29, 1.82) is 0 Å². The van der Waals surface area contributed by atoms with Crippen LogP contribution >= 0.6 is 0 Å². The smallest absolute Gasteiger partial charge is 0.240 e. The van der Waals surface area contributed by atoms with Crippen LogP contribution in [0.25, 0.3) is 0 Å². The average Bonchev–Trinajstić information content (AvgIpc) is 3.36. The molecule has 1 saturated heterocycles. The van der Waals surface area contributed by atoms with Crippen LogP contribution in [0.1, 0.15) is 44.1 Å². The third-order valence-electron chi connectivity index (χ3n) is 6.36. The van der Waals surface area contributed by atoms with Gasteiger partial charge in [0.1, 0.15) is 12.4 Å². The molecule has 2 aliphatic rings. The van der Waals surface area contributed by atoms with Crippen LogP contribution < -0.4 is 5.32 Å². The zero-order chi connectivity index (χ0) is 19.4. The lowest BCUT2D eigenvalue weighted by atomic mass is 9.78. The van der Waals surface area contributed by atoms with Gasteiger partial charge in [-0.2, -0.15) is 0 Å². The van der Waals surface area contributed by atoms with Gasteiger partial charge >= 0.3 is 0 Å². The van der Waals surface area contributed by atoms with Crippen LogP contribution in [0.3, 0.4) is 0 Å². The molecular formula is C22H29FN4O. The van der Waals surface area contributed by atoms with Gasteiger partial charge in [0.25, 0.3) is 0 Å². The van der Waals surface area contributed by atoms with Crippen molar-refractivity contribution in [3.63, 3.8) is 0 Å². The summed E-state index contributed by atoms with van der Waals surface area (Å²) in [4.78, 5) is 18.7. The van der Waals surface area contributed by atoms with Gasteiger partial charge in [-0.3, -0.25) is 4.79 Å². The van der Waals surface area contributed by atoms with Gasteiger partial charge in [-0.25, -0.2) is 9.37 Å². The van der Waals surface area contributed by atoms with Gasteiger partial charge in [-0.1, -0.05) is 25.0 Å². The van der Waals surface area contributed by atoms with E-state index in [9.17, 15) is 9.18 Å². The number of piperidine rings is 1. The fraction of sp³-hybridized carbons (Fsp3) is 0.545. The Labute approximate surface area is 165 Å². The van der Waals surface area contributed by atoms with Gasteiger partial charge in [0.05, 0.1) is 6.33 Å². The second-order valence-corrected chi connectivity index (χ2v) is 8.35. The third-order valence-corrected chi connectivity index (χ3v) is 6.36. The Kier molecular flexibility index (Phi) is 5.76. The Morgan fingerprint density at radius 1 is 1.25 bits per heavy atom. The van der Waals surface area contributed by atoms with Crippen LogP contribution in [0, 0.1) is 5.82 Å². The summed E-state index contributed by atoms with van der Waals surface area (Å²) >= 11 is 0. The van der Waals surface area contributed by atoms with Gasteiger partial charge in [-0.05, 0) is 43.4 Å². The molecule has 2 heterocycles. The summed E-state index contributed by atoms with van der Waals surface area (Å²) in [6.07, 6.45) is 11.8. The molecule has 4 rings (SSSR count). The van der Waals surface area contributed by atoms with E-state index in [1.54, 1.807) is 29.4 Å².